The van der Waals surface area contributed by atoms with Crippen molar-refractivity contribution in [3.63, 3.8) is 0 Å². The van der Waals surface area contributed by atoms with E-state index in [-0.39, 0.29) is 41.4 Å². The molecule has 0 aromatic heterocycles. The summed E-state index contributed by atoms with van der Waals surface area (Å²) in [5.74, 6) is 1.22. The Labute approximate surface area is 324 Å². The van der Waals surface area contributed by atoms with Gasteiger partial charge in [-0.2, -0.15) is 11.6 Å². The fourth-order valence-electron chi connectivity index (χ4n) is 5.46. The predicted molar refractivity (Wildman–Crippen MR) is 186 cm³/mol. The van der Waals surface area contributed by atoms with E-state index in [4.69, 9.17) is 0 Å². The first-order chi connectivity index (χ1) is 22.7. The van der Waals surface area contributed by atoms with Gasteiger partial charge in [-0.3, -0.25) is 6.08 Å². The molecule has 0 saturated heterocycles. The van der Waals surface area contributed by atoms with Gasteiger partial charge in [0.1, 0.15) is 0 Å². The van der Waals surface area contributed by atoms with Crippen molar-refractivity contribution in [2.75, 3.05) is 0 Å². The Hall–Kier alpha value is -2.86. The molecule has 0 amide bonds. The number of hydrogen-bond acceptors (Lipinski definition) is 0. The molecule has 0 nitrogen and oxygen atoms in total. The van der Waals surface area contributed by atoms with Gasteiger partial charge in [-0.05, 0) is 13.8 Å². The van der Waals surface area contributed by atoms with Crippen LogP contribution in [0, 0.1) is 37.2 Å². The summed E-state index contributed by atoms with van der Waals surface area (Å²) in [6.07, 6.45) is -1.07. The van der Waals surface area contributed by atoms with E-state index in [2.05, 4.69) is 109 Å². The SMILES string of the molecule is CC(C)C1[C-]=CC(C(C)(C)C)=C1.Cc1ccc2c(c1)[cH-]c1cc(C)ccc12.FC(F)(F)c1cccc([C](=[Zr+2])c2cccc(C(F)(F)F)c2)c1.[Cl-].[Cl-]. The number of fused-ring (bicyclic) bond motifs is 3. The summed E-state index contributed by atoms with van der Waals surface area (Å²) < 4.78 is 76.7. The summed E-state index contributed by atoms with van der Waals surface area (Å²) in [7, 11) is 0. The summed E-state index contributed by atoms with van der Waals surface area (Å²) in [4.78, 5) is 0. The Balaban J connectivity index is 0.000000273. The number of halogens is 8. The second-order valence-electron chi connectivity index (χ2n) is 13.8. The van der Waals surface area contributed by atoms with Crippen LogP contribution < -0.4 is 24.8 Å². The van der Waals surface area contributed by atoms with Crippen molar-refractivity contribution >= 4 is 24.8 Å². The van der Waals surface area contributed by atoms with Crippen LogP contribution >= 0.6 is 0 Å². The second kappa shape index (κ2) is 17.8. The van der Waals surface area contributed by atoms with Crippen LogP contribution in [0.5, 0.6) is 0 Å². The van der Waals surface area contributed by atoms with Gasteiger partial charge in [0.2, 0.25) is 0 Å². The summed E-state index contributed by atoms with van der Waals surface area (Å²) in [5, 5.41) is 5.46. The number of allylic oxidation sites excluding steroid dienone is 4. The summed E-state index contributed by atoms with van der Waals surface area (Å²) in [5.41, 5.74) is 3.27. The molecule has 9 heteroatoms. The molecule has 1 aliphatic carbocycles. The molecule has 0 heterocycles. The van der Waals surface area contributed by atoms with Crippen molar-refractivity contribution in [1.29, 1.82) is 0 Å². The van der Waals surface area contributed by atoms with Gasteiger partial charge in [0.05, 0.1) is 0 Å². The van der Waals surface area contributed by atoms with Crippen LogP contribution in [-0.4, -0.2) is 3.21 Å². The molecule has 51 heavy (non-hydrogen) atoms. The summed E-state index contributed by atoms with van der Waals surface area (Å²) in [6, 6.07) is 24.8. The number of aryl methyl sites for hydroxylation is 2. The first kappa shape index (κ1) is 44.3. The molecule has 5 aromatic rings. The van der Waals surface area contributed by atoms with Crippen LogP contribution in [0.1, 0.15) is 68.0 Å². The molecular formula is C42H40Cl2F6Zr-2. The first-order valence-electron chi connectivity index (χ1n) is 16.1. The average Bonchev–Trinajstić information content (AvgIpc) is 3.66. The Morgan fingerprint density at radius 1 is 0.686 bits per heavy atom. The number of hydrogen-bond donors (Lipinski definition) is 0. The standard InChI is InChI=1S/C15H8F6.C15H13.C12H19.2ClH.Zr/c16-14(17,18)12-5-1-3-10(8-12)7-11-4-2-6-13(9-11)15(19,20)21;1-10-3-5-14-12(7-10)9-13-8-11(2)4-6-15(13)14;1-9(2)10-6-7-11(8-10)12(3,4)5;;;/h1-6,8-9H;3-9H,1-2H3;7-10H,1-5H3;2*1H;/q;2*-1;;;+2/p-2. The van der Waals surface area contributed by atoms with Gasteiger partial charge in [-0.25, -0.2) is 6.08 Å². The Morgan fingerprint density at radius 2 is 1.12 bits per heavy atom. The van der Waals surface area contributed by atoms with E-state index in [1.165, 1.54) is 62.5 Å². The van der Waals surface area contributed by atoms with Crippen LogP contribution in [0.3, 0.4) is 0 Å². The zero-order valence-electron chi connectivity index (χ0n) is 29.5. The van der Waals surface area contributed by atoms with Gasteiger partial charge in [-0.1, -0.05) is 87.3 Å². The van der Waals surface area contributed by atoms with Gasteiger partial charge < -0.3 is 24.8 Å². The maximum Gasteiger partial charge on any atom is -1.00 e. The first-order valence-corrected chi connectivity index (χ1v) is 17.3. The van der Waals surface area contributed by atoms with Crippen molar-refractivity contribution in [2.24, 2.45) is 17.3 Å². The fraction of sp³-hybridized carbons (Fsp3) is 0.286. The fourth-order valence-corrected chi connectivity index (χ4v) is 6.22. The number of benzene rings is 4. The van der Waals surface area contributed by atoms with Crippen molar-refractivity contribution < 1.29 is 75.4 Å². The van der Waals surface area contributed by atoms with Gasteiger partial charge >= 0.3 is 137 Å². The van der Waals surface area contributed by atoms with Gasteiger partial charge in [0, 0.05) is 0 Å². The molecule has 270 valence electrons. The van der Waals surface area contributed by atoms with Crippen molar-refractivity contribution in [2.45, 2.75) is 60.8 Å². The molecule has 1 unspecified atom stereocenters. The van der Waals surface area contributed by atoms with Gasteiger partial charge in [0.15, 0.2) is 0 Å². The minimum absolute atomic E-state index is 0. The Kier molecular flexibility index (Phi) is 15.4. The van der Waals surface area contributed by atoms with Gasteiger partial charge in [-0.15, -0.1) is 39.7 Å². The average molecular weight is 821 g/mol. The van der Waals surface area contributed by atoms with Crippen molar-refractivity contribution in [3.05, 3.63) is 148 Å². The molecule has 1 aliphatic rings. The minimum atomic E-state index is -4.49. The smallest absolute Gasteiger partial charge is 1.00 e. The molecule has 0 bridgehead atoms. The molecule has 1 atom stereocenters. The zero-order chi connectivity index (χ0) is 36.3. The monoisotopic (exact) mass is 818 g/mol. The third-order valence-electron chi connectivity index (χ3n) is 8.35. The quantitative estimate of drug-likeness (QED) is 0.139. The van der Waals surface area contributed by atoms with Crippen molar-refractivity contribution in [3.8, 4) is 0 Å². The van der Waals surface area contributed by atoms with E-state index in [0.29, 0.717) is 15.0 Å². The zero-order valence-corrected chi connectivity index (χ0v) is 33.5. The van der Waals surface area contributed by atoms with Crippen LogP contribution in [0.25, 0.3) is 21.5 Å². The molecule has 0 N–H and O–H groups in total. The number of alkyl halides is 6. The third kappa shape index (κ3) is 11.8. The molecule has 0 spiro atoms. The normalized spacial score (nSPS) is 14.2. The van der Waals surface area contributed by atoms with Gasteiger partial charge in [0.25, 0.3) is 0 Å². The second-order valence-corrected chi connectivity index (χ2v) is 15.0. The van der Waals surface area contributed by atoms with Crippen LogP contribution in [0.2, 0.25) is 0 Å². The molecular weight excluding hydrogens is 781 g/mol. The maximum absolute atomic E-state index is 12.7. The Morgan fingerprint density at radius 3 is 1.45 bits per heavy atom. The van der Waals surface area contributed by atoms with Crippen LogP contribution in [-0.2, 0) is 36.6 Å². The Bertz CT molecular complexity index is 1890. The topological polar surface area (TPSA) is 0 Å². The summed E-state index contributed by atoms with van der Waals surface area (Å²) in [6.45, 7) is 15.5. The minimum Gasteiger partial charge on any atom is -1.00 e. The van der Waals surface area contributed by atoms with Crippen molar-refractivity contribution in [1.82, 2.24) is 0 Å². The molecule has 0 radical (unpaired) electrons. The molecule has 6 rings (SSSR count). The molecule has 0 aliphatic heterocycles. The maximum atomic E-state index is 12.7. The number of rotatable bonds is 3. The molecule has 0 fully saturated rings. The predicted octanol–water partition coefficient (Wildman–Crippen LogP) is 6.78. The van der Waals surface area contributed by atoms with E-state index in [1.54, 1.807) is 0 Å². The largest absolute Gasteiger partial charge is 1.00 e. The van der Waals surface area contributed by atoms with E-state index in [0.717, 1.165) is 48.5 Å². The van der Waals surface area contributed by atoms with Crippen LogP contribution in [0.4, 0.5) is 26.3 Å². The summed E-state index contributed by atoms with van der Waals surface area (Å²) >= 11 is 0.729. The van der Waals surface area contributed by atoms with Crippen LogP contribution in [0.15, 0.2) is 109 Å². The van der Waals surface area contributed by atoms with E-state index >= 15 is 0 Å². The molecule has 0 saturated carbocycles. The van der Waals surface area contributed by atoms with E-state index in [9.17, 15) is 26.3 Å². The third-order valence-corrected chi connectivity index (χ3v) is 9.77. The molecule has 5 aromatic carbocycles. The van der Waals surface area contributed by atoms with E-state index in [1.807, 2.05) is 0 Å². The van der Waals surface area contributed by atoms with E-state index < -0.39 is 23.5 Å².